The van der Waals surface area contributed by atoms with Gasteiger partial charge in [0.05, 0.1) is 0 Å². The van der Waals surface area contributed by atoms with Crippen LogP contribution in [0.2, 0.25) is 0 Å². The van der Waals surface area contributed by atoms with E-state index < -0.39 is 6.10 Å². The average molecular weight is 391 g/mol. The van der Waals surface area contributed by atoms with Crippen LogP contribution >= 0.6 is 0 Å². The molecule has 1 atom stereocenters. The lowest BCUT2D eigenvalue weighted by molar-refractivity contribution is -0.124. The SMILES string of the molecule is Cc1ccc(C)n1NC(=O)c1ccc(O[C@H](C)C(=O)N(C)c2ccccc2)cc1. The number of hydrogen-bond acceptors (Lipinski definition) is 3. The van der Waals surface area contributed by atoms with Gasteiger partial charge in [0.15, 0.2) is 6.10 Å². The van der Waals surface area contributed by atoms with Crippen LogP contribution in [-0.2, 0) is 4.79 Å². The molecule has 29 heavy (non-hydrogen) atoms. The number of nitrogens with one attached hydrogen (secondary N) is 1. The number of anilines is 1. The number of nitrogens with zero attached hydrogens (tertiary/aromatic N) is 2. The molecule has 3 rings (SSSR count). The standard InChI is InChI=1S/C23H25N3O3/c1-16-10-11-17(2)26(16)24-22(27)19-12-14-21(15-13-19)29-18(3)23(28)25(4)20-8-6-5-7-9-20/h5-15,18H,1-4H3,(H,24,27)/t18-/m1/s1. The van der Waals surface area contributed by atoms with Crippen LogP contribution in [0.5, 0.6) is 5.75 Å². The summed E-state index contributed by atoms with van der Waals surface area (Å²) in [4.78, 5) is 26.6. The zero-order valence-electron chi connectivity index (χ0n) is 17.0. The minimum Gasteiger partial charge on any atom is -0.481 e. The van der Waals surface area contributed by atoms with Crippen molar-refractivity contribution in [2.75, 3.05) is 17.4 Å². The zero-order chi connectivity index (χ0) is 21.0. The summed E-state index contributed by atoms with van der Waals surface area (Å²) in [5.74, 6) is 0.153. The molecule has 0 saturated carbocycles. The zero-order valence-corrected chi connectivity index (χ0v) is 17.0. The predicted octanol–water partition coefficient (Wildman–Crippen LogP) is 3.92. The summed E-state index contributed by atoms with van der Waals surface area (Å²) in [6.45, 7) is 5.56. The highest BCUT2D eigenvalue weighted by atomic mass is 16.5. The van der Waals surface area contributed by atoms with Crippen molar-refractivity contribution >= 4 is 17.5 Å². The summed E-state index contributed by atoms with van der Waals surface area (Å²) in [5, 5.41) is 0. The Balaban J connectivity index is 1.62. The molecule has 3 aromatic rings. The van der Waals surface area contributed by atoms with Crippen molar-refractivity contribution < 1.29 is 14.3 Å². The van der Waals surface area contributed by atoms with Gasteiger partial charge >= 0.3 is 0 Å². The molecule has 2 aromatic carbocycles. The van der Waals surface area contributed by atoms with Crippen molar-refractivity contribution in [1.29, 1.82) is 0 Å². The Morgan fingerprint density at radius 1 is 0.931 bits per heavy atom. The number of amides is 2. The Morgan fingerprint density at radius 2 is 1.52 bits per heavy atom. The van der Waals surface area contributed by atoms with Crippen LogP contribution in [0.4, 0.5) is 5.69 Å². The van der Waals surface area contributed by atoms with Gasteiger partial charge in [-0.05, 0) is 69.3 Å². The quantitative estimate of drug-likeness (QED) is 0.693. The van der Waals surface area contributed by atoms with E-state index >= 15 is 0 Å². The van der Waals surface area contributed by atoms with E-state index in [1.54, 1.807) is 47.8 Å². The molecular weight excluding hydrogens is 366 g/mol. The molecule has 2 amide bonds. The second kappa shape index (κ2) is 8.65. The third kappa shape index (κ3) is 4.66. The number of carbonyl (C=O) groups is 2. The molecule has 0 radical (unpaired) electrons. The molecule has 0 fully saturated rings. The van der Waals surface area contributed by atoms with Crippen LogP contribution in [0.15, 0.2) is 66.7 Å². The highest BCUT2D eigenvalue weighted by molar-refractivity contribution is 6.00. The first kappa shape index (κ1) is 20.2. The average Bonchev–Trinajstić information content (AvgIpc) is 3.05. The lowest BCUT2D eigenvalue weighted by atomic mass is 10.2. The molecule has 0 saturated heterocycles. The highest BCUT2D eigenvalue weighted by Gasteiger charge is 2.20. The number of aryl methyl sites for hydroxylation is 2. The Labute approximate surface area is 170 Å². The highest BCUT2D eigenvalue weighted by Crippen LogP contribution is 2.17. The van der Waals surface area contributed by atoms with Gasteiger partial charge in [0.25, 0.3) is 11.8 Å². The van der Waals surface area contributed by atoms with Gasteiger partial charge < -0.3 is 9.64 Å². The predicted molar refractivity (Wildman–Crippen MR) is 114 cm³/mol. The van der Waals surface area contributed by atoms with Crippen molar-refractivity contribution in [3.8, 4) is 5.75 Å². The molecular formula is C23H25N3O3. The van der Waals surface area contributed by atoms with Gasteiger partial charge in [0, 0.05) is 29.7 Å². The maximum Gasteiger partial charge on any atom is 0.270 e. The monoisotopic (exact) mass is 391 g/mol. The number of para-hydroxylation sites is 1. The normalized spacial score (nSPS) is 11.6. The number of ether oxygens (including phenoxy) is 1. The lowest BCUT2D eigenvalue weighted by Crippen LogP contribution is -2.38. The molecule has 0 bridgehead atoms. The molecule has 0 spiro atoms. The number of benzene rings is 2. The van der Waals surface area contributed by atoms with Crippen molar-refractivity contribution in [2.45, 2.75) is 26.9 Å². The van der Waals surface area contributed by atoms with Gasteiger partial charge in [-0.2, -0.15) is 0 Å². The van der Waals surface area contributed by atoms with E-state index in [9.17, 15) is 9.59 Å². The van der Waals surface area contributed by atoms with Gasteiger partial charge in [0.1, 0.15) is 5.75 Å². The van der Waals surface area contributed by atoms with Crippen molar-refractivity contribution in [2.24, 2.45) is 0 Å². The Hall–Kier alpha value is -3.54. The first-order valence-electron chi connectivity index (χ1n) is 9.42. The Bertz CT molecular complexity index is 974. The molecule has 6 heteroatoms. The second-order valence-electron chi connectivity index (χ2n) is 6.91. The molecule has 1 aromatic heterocycles. The van der Waals surface area contributed by atoms with Crippen LogP contribution in [-0.4, -0.2) is 29.6 Å². The van der Waals surface area contributed by atoms with E-state index in [4.69, 9.17) is 4.74 Å². The summed E-state index contributed by atoms with van der Waals surface area (Å²) < 4.78 is 7.51. The number of rotatable bonds is 6. The number of aromatic nitrogens is 1. The summed E-state index contributed by atoms with van der Waals surface area (Å²) in [5.41, 5.74) is 6.07. The number of likely N-dealkylation sites (N-methyl/N-ethyl adjacent to an activating group) is 1. The van der Waals surface area contributed by atoms with E-state index in [-0.39, 0.29) is 11.8 Å². The molecule has 0 aliphatic carbocycles. The summed E-state index contributed by atoms with van der Waals surface area (Å²) >= 11 is 0. The fourth-order valence-electron chi connectivity index (χ4n) is 3.00. The van der Waals surface area contributed by atoms with E-state index in [0.717, 1.165) is 17.1 Å². The first-order chi connectivity index (χ1) is 13.9. The first-order valence-corrected chi connectivity index (χ1v) is 9.42. The molecule has 0 aliphatic rings. The molecule has 0 unspecified atom stereocenters. The summed E-state index contributed by atoms with van der Waals surface area (Å²) in [6.07, 6.45) is -0.662. The molecule has 150 valence electrons. The molecule has 1 N–H and O–H groups in total. The largest absolute Gasteiger partial charge is 0.481 e. The Morgan fingerprint density at radius 3 is 2.10 bits per heavy atom. The minimum atomic E-state index is -0.662. The van der Waals surface area contributed by atoms with Crippen molar-refractivity contribution in [3.63, 3.8) is 0 Å². The summed E-state index contributed by atoms with van der Waals surface area (Å²) in [7, 11) is 1.72. The smallest absolute Gasteiger partial charge is 0.270 e. The number of carbonyl (C=O) groups excluding carboxylic acids is 2. The van der Waals surface area contributed by atoms with E-state index in [2.05, 4.69) is 5.43 Å². The maximum absolute atomic E-state index is 12.6. The third-order valence-electron chi connectivity index (χ3n) is 4.74. The van der Waals surface area contributed by atoms with Crippen LogP contribution in [0.3, 0.4) is 0 Å². The van der Waals surface area contributed by atoms with Gasteiger partial charge in [-0.25, -0.2) is 0 Å². The van der Waals surface area contributed by atoms with Crippen LogP contribution in [0, 0.1) is 13.8 Å². The van der Waals surface area contributed by atoms with Crippen LogP contribution in [0.1, 0.15) is 28.7 Å². The van der Waals surface area contributed by atoms with Gasteiger partial charge in [0.2, 0.25) is 0 Å². The van der Waals surface area contributed by atoms with Crippen molar-refractivity contribution in [3.05, 3.63) is 83.7 Å². The lowest BCUT2D eigenvalue weighted by Gasteiger charge is -2.22. The van der Waals surface area contributed by atoms with Gasteiger partial charge in [-0.3, -0.25) is 19.7 Å². The third-order valence-corrected chi connectivity index (χ3v) is 4.74. The van der Waals surface area contributed by atoms with E-state index in [1.807, 2.05) is 56.3 Å². The van der Waals surface area contributed by atoms with Crippen molar-refractivity contribution in [1.82, 2.24) is 4.68 Å². The fraction of sp³-hybridized carbons (Fsp3) is 0.217. The topological polar surface area (TPSA) is 63.6 Å². The van der Waals surface area contributed by atoms with Gasteiger partial charge in [-0.15, -0.1) is 0 Å². The Kier molecular flexibility index (Phi) is 6.02. The van der Waals surface area contributed by atoms with Crippen LogP contribution < -0.4 is 15.1 Å². The minimum absolute atomic E-state index is 0.156. The van der Waals surface area contributed by atoms with Gasteiger partial charge in [-0.1, -0.05) is 18.2 Å². The summed E-state index contributed by atoms with van der Waals surface area (Å²) in [6, 6.07) is 20.0. The fourth-order valence-corrected chi connectivity index (χ4v) is 3.00. The van der Waals surface area contributed by atoms with E-state index in [1.165, 1.54) is 0 Å². The van der Waals surface area contributed by atoms with E-state index in [0.29, 0.717) is 11.3 Å². The van der Waals surface area contributed by atoms with Crippen LogP contribution in [0.25, 0.3) is 0 Å². The number of hydrogen-bond donors (Lipinski definition) is 1. The maximum atomic E-state index is 12.6. The molecule has 6 nitrogen and oxygen atoms in total. The molecule has 1 heterocycles. The molecule has 0 aliphatic heterocycles. The second-order valence-corrected chi connectivity index (χ2v) is 6.91.